The van der Waals surface area contributed by atoms with E-state index in [1.165, 1.54) is 12.1 Å². The molecule has 2 rings (SSSR count). The predicted octanol–water partition coefficient (Wildman–Crippen LogP) is 2.60. The number of benzene rings is 1. The number of carbonyl (C=O) groups is 1. The molecular formula is C14H18ClFN2O. The number of nitrogens with one attached hydrogen (secondary N) is 2. The molecule has 0 bridgehead atoms. The minimum absolute atomic E-state index is 0.0708. The van der Waals surface area contributed by atoms with Crippen molar-refractivity contribution in [1.29, 1.82) is 0 Å². The number of piperidine rings is 1. The van der Waals surface area contributed by atoms with E-state index in [1.807, 2.05) is 6.92 Å². The monoisotopic (exact) mass is 284 g/mol. The Morgan fingerprint density at radius 3 is 3.00 bits per heavy atom. The van der Waals surface area contributed by atoms with Crippen molar-refractivity contribution in [3.8, 4) is 0 Å². The molecule has 1 aromatic carbocycles. The first-order valence-corrected chi connectivity index (χ1v) is 6.92. The average Bonchev–Trinajstić information content (AvgIpc) is 2.39. The Balaban J connectivity index is 1.99. The summed E-state index contributed by atoms with van der Waals surface area (Å²) in [6.07, 6.45) is 2.23. The van der Waals surface area contributed by atoms with Crippen molar-refractivity contribution < 1.29 is 9.18 Å². The third kappa shape index (κ3) is 3.67. The molecule has 0 spiro atoms. The lowest BCUT2D eigenvalue weighted by molar-refractivity contribution is 0.0922. The molecule has 1 aromatic rings. The van der Waals surface area contributed by atoms with Crippen molar-refractivity contribution in [1.82, 2.24) is 10.6 Å². The molecule has 1 saturated heterocycles. The first-order valence-electron chi connectivity index (χ1n) is 6.54. The fourth-order valence-electron chi connectivity index (χ4n) is 2.38. The van der Waals surface area contributed by atoms with Gasteiger partial charge in [0.1, 0.15) is 5.82 Å². The molecule has 0 radical (unpaired) electrons. The Morgan fingerprint density at radius 1 is 1.58 bits per heavy atom. The first-order chi connectivity index (χ1) is 9.08. The molecule has 5 heteroatoms. The Kier molecular flexibility index (Phi) is 4.77. The second kappa shape index (κ2) is 6.35. The fraction of sp³-hybridized carbons (Fsp3) is 0.500. The zero-order valence-electron chi connectivity index (χ0n) is 10.9. The SMILES string of the molecule is CC(NC(=O)c1ccc(F)cc1Cl)C1CCCNC1. The molecule has 1 amide bonds. The highest BCUT2D eigenvalue weighted by molar-refractivity contribution is 6.33. The fourth-order valence-corrected chi connectivity index (χ4v) is 2.63. The quantitative estimate of drug-likeness (QED) is 0.896. The van der Waals surface area contributed by atoms with Gasteiger partial charge in [0.2, 0.25) is 0 Å². The molecule has 1 heterocycles. The highest BCUT2D eigenvalue weighted by Crippen LogP contribution is 2.19. The largest absolute Gasteiger partial charge is 0.349 e. The molecule has 1 aliphatic heterocycles. The van der Waals surface area contributed by atoms with E-state index in [9.17, 15) is 9.18 Å². The lowest BCUT2D eigenvalue weighted by Gasteiger charge is -2.29. The van der Waals surface area contributed by atoms with E-state index < -0.39 is 5.82 Å². The summed E-state index contributed by atoms with van der Waals surface area (Å²) in [5, 5.41) is 6.41. The average molecular weight is 285 g/mol. The van der Waals surface area contributed by atoms with Gasteiger partial charge in [-0.1, -0.05) is 11.6 Å². The van der Waals surface area contributed by atoms with Crippen LogP contribution in [0.5, 0.6) is 0 Å². The number of carbonyl (C=O) groups excluding carboxylic acids is 1. The van der Waals surface area contributed by atoms with E-state index in [0.29, 0.717) is 11.5 Å². The first kappa shape index (κ1) is 14.3. The minimum Gasteiger partial charge on any atom is -0.349 e. The normalized spacial score (nSPS) is 20.9. The molecule has 2 unspecified atom stereocenters. The summed E-state index contributed by atoms with van der Waals surface area (Å²) in [6, 6.07) is 3.89. The van der Waals surface area contributed by atoms with Crippen LogP contribution in [0, 0.1) is 11.7 Å². The van der Waals surface area contributed by atoms with E-state index in [4.69, 9.17) is 11.6 Å². The molecule has 0 aromatic heterocycles. The predicted molar refractivity (Wildman–Crippen MR) is 73.9 cm³/mol. The Labute approximate surface area is 117 Å². The van der Waals surface area contributed by atoms with Crippen LogP contribution in [-0.4, -0.2) is 25.0 Å². The summed E-state index contributed by atoms with van der Waals surface area (Å²) in [7, 11) is 0. The number of halogens is 2. The molecule has 0 saturated carbocycles. The second-order valence-corrected chi connectivity index (χ2v) is 5.40. The van der Waals surface area contributed by atoms with Crippen LogP contribution < -0.4 is 10.6 Å². The van der Waals surface area contributed by atoms with Crippen molar-refractivity contribution in [3.63, 3.8) is 0 Å². The van der Waals surface area contributed by atoms with Gasteiger partial charge in [-0.3, -0.25) is 4.79 Å². The summed E-state index contributed by atoms with van der Waals surface area (Å²) >= 11 is 5.88. The molecule has 1 fully saturated rings. The van der Waals surface area contributed by atoms with Crippen molar-refractivity contribution in [2.75, 3.05) is 13.1 Å². The molecule has 2 N–H and O–H groups in total. The summed E-state index contributed by atoms with van der Waals surface area (Å²) in [5.41, 5.74) is 0.318. The summed E-state index contributed by atoms with van der Waals surface area (Å²) in [4.78, 5) is 12.1. The molecule has 0 aliphatic carbocycles. The highest BCUT2D eigenvalue weighted by atomic mass is 35.5. The number of hydrogen-bond donors (Lipinski definition) is 2. The van der Waals surface area contributed by atoms with E-state index >= 15 is 0 Å². The summed E-state index contributed by atoms with van der Waals surface area (Å²) in [6.45, 7) is 3.95. The van der Waals surface area contributed by atoms with Crippen LogP contribution in [0.15, 0.2) is 18.2 Å². The minimum atomic E-state index is -0.439. The van der Waals surface area contributed by atoms with Crippen LogP contribution in [0.2, 0.25) is 5.02 Å². The molecule has 3 nitrogen and oxygen atoms in total. The number of amides is 1. The lowest BCUT2D eigenvalue weighted by Crippen LogP contribution is -2.44. The maximum atomic E-state index is 12.9. The topological polar surface area (TPSA) is 41.1 Å². The van der Waals surface area contributed by atoms with Gasteiger partial charge in [0.15, 0.2) is 0 Å². The highest BCUT2D eigenvalue weighted by Gasteiger charge is 2.22. The van der Waals surface area contributed by atoms with E-state index in [1.54, 1.807) is 0 Å². The number of rotatable bonds is 3. The summed E-state index contributed by atoms with van der Waals surface area (Å²) < 4.78 is 12.9. The van der Waals surface area contributed by atoms with Crippen LogP contribution in [0.1, 0.15) is 30.1 Å². The Morgan fingerprint density at radius 2 is 2.37 bits per heavy atom. The van der Waals surface area contributed by atoms with Crippen molar-refractivity contribution in [2.45, 2.75) is 25.8 Å². The molecule has 104 valence electrons. The van der Waals surface area contributed by atoms with Gasteiger partial charge < -0.3 is 10.6 Å². The van der Waals surface area contributed by atoms with Gasteiger partial charge in [0.25, 0.3) is 5.91 Å². The van der Waals surface area contributed by atoms with Gasteiger partial charge in [0.05, 0.1) is 10.6 Å². The van der Waals surface area contributed by atoms with Gasteiger partial charge in [-0.15, -0.1) is 0 Å². The third-order valence-corrected chi connectivity index (χ3v) is 3.89. The standard InChI is InChI=1S/C14H18ClFN2O/c1-9(10-3-2-6-17-8-10)18-14(19)12-5-4-11(16)7-13(12)15/h4-5,7,9-10,17H,2-3,6,8H2,1H3,(H,18,19). The second-order valence-electron chi connectivity index (χ2n) is 4.99. The zero-order valence-corrected chi connectivity index (χ0v) is 11.6. The molecule has 1 aliphatic rings. The Bertz CT molecular complexity index is 461. The van der Waals surface area contributed by atoms with Gasteiger partial charge in [-0.25, -0.2) is 4.39 Å². The summed E-state index contributed by atoms with van der Waals surface area (Å²) in [5.74, 6) is -0.258. The van der Waals surface area contributed by atoms with Gasteiger partial charge in [-0.05, 0) is 57.0 Å². The van der Waals surface area contributed by atoms with E-state index in [-0.39, 0.29) is 17.0 Å². The van der Waals surface area contributed by atoms with Crippen LogP contribution in [0.4, 0.5) is 4.39 Å². The number of hydrogen-bond acceptors (Lipinski definition) is 2. The molecule has 2 atom stereocenters. The van der Waals surface area contributed by atoms with Gasteiger partial charge in [0, 0.05) is 6.04 Å². The molecular weight excluding hydrogens is 267 g/mol. The van der Waals surface area contributed by atoms with Gasteiger partial charge in [-0.2, -0.15) is 0 Å². The van der Waals surface area contributed by atoms with Crippen LogP contribution in [0.25, 0.3) is 0 Å². The Hall–Kier alpha value is -1.13. The third-order valence-electron chi connectivity index (χ3n) is 3.58. The maximum absolute atomic E-state index is 12.9. The van der Waals surface area contributed by atoms with E-state index in [2.05, 4.69) is 10.6 Å². The van der Waals surface area contributed by atoms with Crippen LogP contribution in [0.3, 0.4) is 0 Å². The van der Waals surface area contributed by atoms with Crippen LogP contribution >= 0.6 is 11.6 Å². The van der Waals surface area contributed by atoms with Crippen molar-refractivity contribution >= 4 is 17.5 Å². The smallest absolute Gasteiger partial charge is 0.253 e. The molecule has 19 heavy (non-hydrogen) atoms. The van der Waals surface area contributed by atoms with Crippen molar-refractivity contribution in [3.05, 3.63) is 34.6 Å². The zero-order chi connectivity index (χ0) is 13.8. The maximum Gasteiger partial charge on any atom is 0.253 e. The van der Waals surface area contributed by atoms with Crippen LogP contribution in [-0.2, 0) is 0 Å². The van der Waals surface area contributed by atoms with E-state index in [0.717, 1.165) is 32.0 Å². The van der Waals surface area contributed by atoms with Gasteiger partial charge >= 0.3 is 0 Å². The lowest BCUT2D eigenvalue weighted by atomic mass is 9.92. The van der Waals surface area contributed by atoms with Crippen molar-refractivity contribution in [2.24, 2.45) is 5.92 Å².